The fourth-order valence-electron chi connectivity index (χ4n) is 3.82. The van der Waals surface area contributed by atoms with E-state index in [-0.39, 0.29) is 17.5 Å². The number of nitrogens with zero attached hydrogens (tertiary/aromatic N) is 4. The number of carbonyl (C=O) groups is 1. The predicted molar refractivity (Wildman–Crippen MR) is 87.0 cm³/mol. The van der Waals surface area contributed by atoms with Gasteiger partial charge >= 0.3 is 0 Å². The Morgan fingerprint density at radius 2 is 1.96 bits per heavy atom. The molecule has 126 valence electrons. The molecule has 0 N–H and O–H groups in total. The van der Waals surface area contributed by atoms with Gasteiger partial charge in [-0.05, 0) is 37.8 Å². The van der Waals surface area contributed by atoms with Crippen molar-refractivity contribution in [3.8, 4) is 0 Å². The van der Waals surface area contributed by atoms with Crippen molar-refractivity contribution in [1.82, 2.24) is 19.7 Å². The number of halogens is 1. The third-order valence-corrected chi connectivity index (χ3v) is 5.05. The number of amides is 1. The van der Waals surface area contributed by atoms with Crippen LogP contribution in [0.2, 0.25) is 0 Å². The van der Waals surface area contributed by atoms with Gasteiger partial charge in [0.15, 0.2) is 5.82 Å². The first-order valence-corrected chi connectivity index (χ1v) is 8.73. The summed E-state index contributed by atoms with van der Waals surface area (Å²) in [6.07, 6.45) is 6.17. The minimum atomic E-state index is -0.465. The molecule has 1 aromatic carbocycles. The van der Waals surface area contributed by atoms with E-state index in [0.717, 1.165) is 50.3 Å². The highest BCUT2D eigenvalue weighted by atomic mass is 19.1. The molecule has 2 aromatic rings. The van der Waals surface area contributed by atoms with E-state index in [0.29, 0.717) is 6.54 Å². The van der Waals surface area contributed by atoms with Crippen molar-refractivity contribution in [3.05, 3.63) is 47.3 Å². The van der Waals surface area contributed by atoms with Gasteiger partial charge in [-0.3, -0.25) is 4.79 Å². The average Bonchev–Trinajstić information content (AvgIpc) is 3.15. The molecule has 2 aliphatic heterocycles. The van der Waals surface area contributed by atoms with E-state index in [1.807, 2.05) is 0 Å². The van der Waals surface area contributed by atoms with E-state index < -0.39 is 5.82 Å². The van der Waals surface area contributed by atoms with Gasteiger partial charge in [-0.15, -0.1) is 10.2 Å². The quantitative estimate of drug-likeness (QED) is 0.851. The van der Waals surface area contributed by atoms with E-state index >= 15 is 0 Å². The lowest BCUT2D eigenvalue weighted by Gasteiger charge is -2.25. The Morgan fingerprint density at radius 1 is 1.08 bits per heavy atom. The van der Waals surface area contributed by atoms with Gasteiger partial charge in [-0.1, -0.05) is 18.6 Å². The van der Waals surface area contributed by atoms with Gasteiger partial charge in [-0.2, -0.15) is 0 Å². The van der Waals surface area contributed by atoms with Crippen molar-refractivity contribution in [2.75, 3.05) is 6.54 Å². The number of aryl methyl sites for hydroxylation is 1. The molecule has 2 aliphatic rings. The van der Waals surface area contributed by atoms with E-state index in [9.17, 15) is 9.18 Å². The first kappa shape index (κ1) is 15.3. The molecule has 0 aliphatic carbocycles. The molecule has 4 rings (SSSR count). The third kappa shape index (κ3) is 2.60. The zero-order valence-electron chi connectivity index (χ0n) is 13.6. The molecule has 1 unspecified atom stereocenters. The topological polar surface area (TPSA) is 51.0 Å². The number of carbonyl (C=O) groups excluding carboxylic acids is 1. The summed E-state index contributed by atoms with van der Waals surface area (Å²) in [4.78, 5) is 14.6. The molecule has 1 saturated heterocycles. The predicted octanol–water partition coefficient (Wildman–Crippen LogP) is 3.12. The second-order valence-corrected chi connectivity index (χ2v) is 6.57. The summed E-state index contributed by atoms with van der Waals surface area (Å²) in [5, 5.41) is 8.74. The maximum Gasteiger partial charge on any atom is 0.257 e. The standard InChI is InChI=1S/C18H21FN4O/c19-14-8-4-3-7-13(14)18(24)22-12-6-9-15(22)17-21-20-16-10-2-1-5-11-23(16)17/h3-4,7-8,15H,1-2,5-6,9-12H2. The molecule has 1 fully saturated rings. The number of benzene rings is 1. The average molecular weight is 328 g/mol. The second-order valence-electron chi connectivity index (χ2n) is 6.57. The Labute approximate surface area is 140 Å². The van der Waals surface area contributed by atoms with Crippen LogP contribution < -0.4 is 0 Å². The van der Waals surface area contributed by atoms with Crippen molar-refractivity contribution in [1.29, 1.82) is 0 Å². The highest BCUT2D eigenvalue weighted by Crippen LogP contribution is 2.33. The fraction of sp³-hybridized carbons (Fsp3) is 0.500. The van der Waals surface area contributed by atoms with E-state index in [4.69, 9.17) is 0 Å². The van der Waals surface area contributed by atoms with Crippen molar-refractivity contribution >= 4 is 5.91 Å². The van der Waals surface area contributed by atoms with Crippen molar-refractivity contribution in [2.24, 2.45) is 0 Å². The largest absolute Gasteiger partial charge is 0.328 e. The SMILES string of the molecule is O=C(c1ccccc1F)N1CCCC1c1nnc2n1CCCCC2. The van der Waals surface area contributed by atoms with Gasteiger partial charge in [0.1, 0.15) is 11.6 Å². The van der Waals surface area contributed by atoms with Gasteiger partial charge in [0.2, 0.25) is 0 Å². The molecule has 24 heavy (non-hydrogen) atoms. The van der Waals surface area contributed by atoms with Gasteiger partial charge < -0.3 is 9.47 Å². The second kappa shape index (κ2) is 6.34. The number of likely N-dealkylation sites (tertiary alicyclic amines) is 1. The van der Waals surface area contributed by atoms with Crippen LogP contribution in [0.4, 0.5) is 4.39 Å². The third-order valence-electron chi connectivity index (χ3n) is 5.05. The highest BCUT2D eigenvalue weighted by Gasteiger charge is 2.35. The van der Waals surface area contributed by atoms with E-state index in [2.05, 4.69) is 14.8 Å². The summed E-state index contributed by atoms with van der Waals surface area (Å²) in [7, 11) is 0. The first-order chi connectivity index (χ1) is 11.8. The van der Waals surface area contributed by atoms with Crippen LogP contribution in [0.1, 0.15) is 60.2 Å². The Hall–Kier alpha value is -2.24. The normalized spacial score (nSPS) is 20.7. The van der Waals surface area contributed by atoms with Gasteiger partial charge in [0.25, 0.3) is 5.91 Å². The number of fused-ring (bicyclic) bond motifs is 1. The lowest BCUT2D eigenvalue weighted by molar-refractivity contribution is 0.0722. The van der Waals surface area contributed by atoms with Crippen molar-refractivity contribution in [2.45, 2.75) is 51.1 Å². The van der Waals surface area contributed by atoms with Crippen LogP contribution in [0.25, 0.3) is 0 Å². The maximum absolute atomic E-state index is 14.0. The van der Waals surface area contributed by atoms with E-state index in [1.165, 1.54) is 12.5 Å². The Morgan fingerprint density at radius 3 is 2.83 bits per heavy atom. The molecule has 6 heteroatoms. The number of hydrogen-bond donors (Lipinski definition) is 0. The molecule has 0 saturated carbocycles. The molecular weight excluding hydrogens is 307 g/mol. The maximum atomic E-state index is 14.0. The molecule has 3 heterocycles. The summed E-state index contributed by atoms with van der Waals surface area (Å²) < 4.78 is 16.2. The summed E-state index contributed by atoms with van der Waals surface area (Å²) in [6.45, 7) is 1.55. The molecule has 0 bridgehead atoms. The monoisotopic (exact) mass is 328 g/mol. The molecular formula is C18H21FN4O. The molecule has 0 spiro atoms. The van der Waals surface area contributed by atoms with Crippen molar-refractivity contribution < 1.29 is 9.18 Å². The van der Waals surface area contributed by atoms with Crippen LogP contribution in [0.5, 0.6) is 0 Å². The van der Waals surface area contributed by atoms with Crippen LogP contribution in [0, 0.1) is 5.82 Å². The van der Waals surface area contributed by atoms with Crippen LogP contribution in [-0.4, -0.2) is 32.1 Å². The zero-order chi connectivity index (χ0) is 16.5. The molecule has 1 atom stereocenters. The van der Waals surface area contributed by atoms with Crippen LogP contribution in [0.3, 0.4) is 0 Å². The van der Waals surface area contributed by atoms with Gasteiger partial charge in [0, 0.05) is 19.5 Å². The fourth-order valence-corrected chi connectivity index (χ4v) is 3.82. The Balaban J connectivity index is 1.65. The van der Waals surface area contributed by atoms with Crippen LogP contribution in [0.15, 0.2) is 24.3 Å². The van der Waals surface area contributed by atoms with E-state index in [1.54, 1.807) is 23.1 Å². The van der Waals surface area contributed by atoms with Gasteiger partial charge in [-0.25, -0.2) is 4.39 Å². The minimum absolute atomic E-state index is 0.101. The smallest absolute Gasteiger partial charge is 0.257 e. The Bertz CT molecular complexity index is 757. The Kier molecular flexibility index (Phi) is 4.04. The minimum Gasteiger partial charge on any atom is -0.328 e. The summed E-state index contributed by atoms with van der Waals surface area (Å²) in [5.74, 6) is 1.18. The lowest BCUT2D eigenvalue weighted by Crippen LogP contribution is -2.32. The lowest BCUT2D eigenvalue weighted by atomic mass is 10.1. The van der Waals surface area contributed by atoms with Gasteiger partial charge in [0.05, 0.1) is 11.6 Å². The summed E-state index contributed by atoms with van der Waals surface area (Å²) in [5.41, 5.74) is 0.139. The molecule has 5 nitrogen and oxygen atoms in total. The number of hydrogen-bond acceptors (Lipinski definition) is 3. The summed E-state index contributed by atoms with van der Waals surface area (Å²) >= 11 is 0. The molecule has 1 amide bonds. The van der Waals surface area contributed by atoms with Crippen molar-refractivity contribution in [3.63, 3.8) is 0 Å². The molecule has 0 radical (unpaired) electrons. The number of aromatic nitrogens is 3. The van der Waals surface area contributed by atoms with Crippen LogP contribution in [-0.2, 0) is 13.0 Å². The highest BCUT2D eigenvalue weighted by molar-refractivity contribution is 5.94. The summed E-state index contributed by atoms with van der Waals surface area (Å²) in [6, 6.07) is 6.09. The first-order valence-electron chi connectivity index (χ1n) is 8.73. The number of rotatable bonds is 2. The zero-order valence-corrected chi connectivity index (χ0v) is 13.6. The molecule has 1 aromatic heterocycles. The van der Waals surface area contributed by atoms with Crippen LogP contribution >= 0.6 is 0 Å².